The molecule has 1 aromatic rings. The van der Waals surface area contributed by atoms with Crippen molar-refractivity contribution in [1.82, 2.24) is 5.32 Å². The van der Waals surface area contributed by atoms with E-state index in [1.165, 1.54) is 12.1 Å². The molecule has 0 aliphatic heterocycles. The third-order valence-corrected chi connectivity index (χ3v) is 2.34. The Morgan fingerprint density at radius 1 is 1.41 bits per heavy atom. The van der Waals surface area contributed by atoms with Crippen LogP contribution in [-0.4, -0.2) is 24.9 Å². The molecular weight excluding hydrogens is 225 g/mol. The molecule has 0 aliphatic carbocycles. The largest absolute Gasteiger partial charge is 0.366 e. The highest BCUT2D eigenvalue weighted by Gasteiger charge is 2.14. The molecule has 17 heavy (non-hydrogen) atoms. The van der Waals surface area contributed by atoms with E-state index in [-0.39, 0.29) is 11.3 Å². The summed E-state index contributed by atoms with van der Waals surface area (Å²) in [7, 11) is 1.61. The lowest BCUT2D eigenvalue weighted by atomic mass is 10.1. The van der Waals surface area contributed by atoms with Gasteiger partial charge in [-0.1, -0.05) is 0 Å². The van der Waals surface area contributed by atoms with E-state index in [4.69, 9.17) is 5.73 Å². The Hall–Kier alpha value is -1.95. The molecule has 5 nitrogen and oxygen atoms in total. The van der Waals surface area contributed by atoms with Crippen LogP contribution >= 0.6 is 0 Å². The molecule has 2 amide bonds. The topological polar surface area (TPSA) is 84.2 Å². The number of nitrogens with one attached hydrogen (secondary N) is 2. The standard InChI is InChI=1S/C11H14FN3O2/c1-6(14-2)11(17)15-9-5-7(10(13)16)3-4-8(9)12/h3-6,14H,1-2H3,(H2,13,16)(H,15,17). The van der Waals surface area contributed by atoms with Crippen LogP contribution in [0.25, 0.3) is 0 Å². The first-order chi connectivity index (χ1) is 7.95. The maximum Gasteiger partial charge on any atom is 0.248 e. The number of benzene rings is 1. The van der Waals surface area contributed by atoms with Gasteiger partial charge in [0, 0.05) is 5.56 Å². The van der Waals surface area contributed by atoms with Crippen molar-refractivity contribution in [3.05, 3.63) is 29.6 Å². The second-order valence-electron chi connectivity index (χ2n) is 3.56. The molecular formula is C11H14FN3O2. The number of halogens is 1. The molecule has 0 aromatic heterocycles. The van der Waals surface area contributed by atoms with Gasteiger partial charge in [0.25, 0.3) is 0 Å². The summed E-state index contributed by atoms with van der Waals surface area (Å²) >= 11 is 0. The maximum atomic E-state index is 13.4. The quantitative estimate of drug-likeness (QED) is 0.714. The predicted molar refractivity (Wildman–Crippen MR) is 62.1 cm³/mol. The third-order valence-electron chi connectivity index (χ3n) is 2.34. The number of amides is 2. The Balaban J connectivity index is 2.94. The lowest BCUT2D eigenvalue weighted by Crippen LogP contribution is -2.35. The minimum absolute atomic E-state index is 0.0617. The summed E-state index contributed by atoms with van der Waals surface area (Å²) in [5.74, 6) is -1.69. The van der Waals surface area contributed by atoms with Gasteiger partial charge in [0.05, 0.1) is 11.7 Å². The summed E-state index contributed by atoms with van der Waals surface area (Å²) in [6.45, 7) is 1.63. The highest BCUT2D eigenvalue weighted by Crippen LogP contribution is 2.16. The molecule has 0 fully saturated rings. The van der Waals surface area contributed by atoms with Crippen molar-refractivity contribution in [2.24, 2.45) is 5.73 Å². The molecule has 0 saturated heterocycles. The van der Waals surface area contributed by atoms with Crippen LogP contribution in [0.5, 0.6) is 0 Å². The SMILES string of the molecule is CNC(C)C(=O)Nc1cc(C(N)=O)ccc1F. The molecule has 0 heterocycles. The van der Waals surface area contributed by atoms with Gasteiger partial charge in [-0.25, -0.2) is 4.39 Å². The third kappa shape index (κ3) is 3.25. The van der Waals surface area contributed by atoms with Crippen LogP contribution in [0.1, 0.15) is 17.3 Å². The van der Waals surface area contributed by atoms with Crippen molar-refractivity contribution in [3.63, 3.8) is 0 Å². The molecule has 6 heteroatoms. The number of carbonyl (C=O) groups is 2. The maximum absolute atomic E-state index is 13.4. The fourth-order valence-corrected chi connectivity index (χ4v) is 1.15. The zero-order valence-corrected chi connectivity index (χ0v) is 9.58. The van der Waals surface area contributed by atoms with E-state index >= 15 is 0 Å². The lowest BCUT2D eigenvalue weighted by molar-refractivity contribution is -0.117. The van der Waals surface area contributed by atoms with Crippen LogP contribution in [0.4, 0.5) is 10.1 Å². The molecule has 1 atom stereocenters. The summed E-state index contributed by atoms with van der Waals surface area (Å²) < 4.78 is 13.4. The second kappa shape index (κ2) is 5.40. The average molecular weight is 239 g/mol. The van der Waals surface area contributed by atoms with Crippen molar-refractivity contribution in [1.29, 1.82) is 0 Å². The molecule has 1 rings (SSSR count). The van der Waals surface area contributed by atoms with Gasteiger partial charge in [-0.05, 0) is 32.2 Å². The van der Waals surface area contributed by atoms with Crippen LogP contribution in [0.3, 0.4) is 0 Å². The molecule has 0 spiro atoms. The smallest absolute Gasteiger partial charge is 0.248 e. The Bertz CT molecular complexity index is 448. The van der Waals surface area contributed by atoms with E-state index in [1.807, 2.05) is 0 Å². The Labute approximate surface area is 98.2 Å². The predicted octanol–water partition coefficient (Wildman–Crippen LogP) is 0.471. The Kier molecular flexibility index (Phi) is 4.17. The minimum atomic E-state index is -0.679. The number of nitrogens with two attached hydrogens (primary N) is 1. The van der Waals surface area contributed by atoms with Crippen LogP contribution < -0.4 is 16.4 Å². The first-order valence-electron chi connectivity index (χ1n) is 5.03. The fourth-order valence-electron chi connectivity index (χ4n) is 1.15. The van der Waals surface area contributed by atoms with Gasteiger partial charge >= 0.3 is 0 Å². The monoisotopic (exact) mass is 239 g/mol. The van der Waals surface area contributed by atoms with Gasteiger partial charge in [-0.2, -0.15) is 0 Å². The summed E-state index contributed by atoms with van der Waals surface area (Å²) in [6.07, 6.45) is 0. The van der Waals surface area contributed by atoms with E-state index in [1.54, 1.807) is 14.0 Å². The normalized spacial score (nSPS) is 11.9. The zero-order chi connectivity index (χ0) is 13.0. The highest BCUT2D eigenvalue weighted by molar-refractivity contribution is 5.97. The summed E-state index contributed by atoms with van der Waals surface area (Å²) in [5, 5.41) is 5.09. The number of anilines is 1. The number of carbonyl (C=O) groups excluding carboxylic acids is 2. The van der Waals surface area contributed by atoms with Crippen molar-refractivity contribution in [2.75, 3.05) is 12.4 Å². The highest BCUT2D eigenvalue weighted by atomic mass is 19.1. The molecule has 92 valence electrons. The molecule has 0 saturated carbocycles. The first-order valence-corrected chi connectivity index (χ1v) is 5.03. The van der Waals surface area contributed by atoms with E-state index in [9.17, 15) is 14.0 Å². The minimum Gasteiger partial charge on any atom is -0.366 e. The van der Waals surface area contributed by atoms with Crippen molar-refractivity contribution >= 4 is 17.5 Å². The van der Waals surface area contributed by atoms with E-state index in [0.717, 1.165) is 6.07 Å². The van der Waals surface area contributed by atoms with Crippen LogP contribution in [0.2, 0.25) is 0 Å². The number of hydrogen-bond donors (Lipinski definition) is 3. The van der Waals surface area contributed by atoms with Gasteiger partial charge in [0.2, 0.25) is 11.8 Å². The van der Waals surface area contributed by atoms with Crippen LogP contribution in [0.15, 0.2) is 18.2 Å². The van der Waals surface area contributed by atoms with Gasteiger partial charge in [-0.3, -0.25) is 9.59 Å². The van der Waals surface area contributed by atoms with E-state index < -0.39 is 23.7 Å². The number of rotatable bonds is 4. The molecule has 0 radical (unpaired) electrons. The molecule has 4 N–H and O–H groups in total. The van der Waals surface area contributed by atoms with Crippen LogP contribution in [0, 0.1) is 5.82 Å². The van der Waals surface area contributed by atoms with Crippen molar-refractivity contribution in [3.8, 4) is 0 Å². The second-order valence-corrected chi connectivity index (χ2v) is 3.56. The lowest BCUT2D eigenvalue weighted by Gasteiger charge is -2.12. The molecule has 1 unspecified atom stereocenters. The molecule has 1 aromatic carbocycles. The van der Waals surface area contributed by atoms with Gasteiger partial charge in [0.15, 0.2) is 0 Å². The van der Waals surface area contributed by atoms with Crippen molar-refractivity contribution < 1.29 is 14.0 Å². The Morgan fingerprint density at radius 2 is 2.06 bits per heavy atom. The molecule has 0 aliphatic rings. The first kappa shape index (κ1) is 13.1. The fraction of sp³-hybridized carbons (Fsp3) is 0.273. The van der Waals surface area contributed by atoms with Gasteiger partial charge in [-0.15, -0.1) is 0 Å². The van der Waals surface area contributed by atoms with E-state index in [0.29, 0.717) is 0 Å². The summed E-state index contributed by atoms with van der Waals surface area (Å²) in [5.41, 5.74) is 5.14. The van der Waals surface area contributed by atoms with Crippen LogP contribution in [-0.2, 0) is 4.79 Å². The number of hydrogen-bond acceptors (Lipinski definition) is 3. The van der Waals surface area contributed by atoms with Gasteiger partial charge in [0.1, 0.15) is 5.82 Å². The number of primary amides is 1. The van der Waals surface area contributed by atoms with Gasteiger partial charge < -0.3 is 16.4 Å². The summed E-state index contributed by atoms with van der Waals surface area (Å²) in [6, 6.07) is 3.08. The Morgan fingerprint density at radius 3 is 2.59 bits per heavy atom. The van der Waals surface area contributed by atoms with E-state index in [2.05, 4.69) is 10.6 Å². The van der Waals surface area contributed by atoms with Crippen molar-refractivity contribution in [2.45, 2.75) is 13.0 Å². The number of likely N-dealkylation sites (N-methyl/N-ethyl adjacent to an activating group) is 1. The molecule has 0 bridgehead atoms. The average Bonchev–Trinajstić information content (AvgIpc) is 2.30. The summed E-state index contributed by atoms with van der Waals surface area (Å²) in [4.78, 5) is 22.4. The zero-order valence-electron chi connectivity index (χ0n) is 9.58.